The Labute approximate surface area is 132 Å². The first-order valence-corrected chi connectivity index (χ1v) is 7.42. The van der Waals surface area contributed by atoms with Gasteiger partial charge < -0.3 is 10.2 Å². The predicted molar refractivity (Wildman–Crippen MR) is 89.3 cm³/mol. The lowest BCUT2D eigenvalue weighted by Gasteiger charge is -2.23. The summed E-state index contributed by atoms with van der Waals surface area (Å²) >= 11 is 0. The molecule has 0 aliphatic carbocycles. The van der Waals surface area contributed by atoms with E-state index in [1.807, 2.05) is 30.3 Å². The molecule has 0 heterocycles. The quantitative estimate of drug-likeness (QED) is 0.712. The lowest BCUT2D eigenvalue weighted by atomic mass is 10.1. The van der Waals surface area contributed by atoms with E-state index in [1.54, 1.807) is 24.0 Å². The van der Waals surface area contributed by atoms with Crippen LogP contribution < -0.4 is 5.32 Å². The molecule has 1 rings (SSSR count). The van der Waals surface area contributed by atoms with Crippen molar-refractivity contribution in [1.82, 2.24) is 10.2 Å². The second-order valence-corrected chi connectivity index (χ2v) is 5.10. The van der Waals surface area contributed by atoms with E-state index in [4.69, 9.17) is 0 Å². The van der Waals surface area contributed by atoms with Gasteiger partial charge in [0.05, 0.1) is 0 Å². The molecule has 1 aromatic rings. The number of nitrogens with zero attached hydrogens (tertiary/aromatic N) is 1. The highest BCUT2D eigenvalue weighted by atomic mass is 16.2. The Morgan fingerprint density at radius 2 is 1.77 bits per heavy atom. The molecule has 22 heavy (non-hydrogen) atoms. The summed E-state index contributed by atoms with van der Waals surface area (Å²) < 4.78 is 0. The summed E-state index contributed by atoms with van der Waals surface area (Å²) in [4.78, 5) is 25.8. The normalized spacial score (nSPS) is 11.3. The topological polar surface area (TPSA) is 49.4 Å². The Balaban J connectivity index is 2.46. The van der Waals surface area contributed by atoms with E-state index in [9.17, 15) is 9.59 Å². The molecule has 1 atom stereocenters. The first-order valence-electron chi connectivity index (χ1n) is 7.42. The van der Waals surface area contributed by atoms with E-state index >= 15 is 0 Å². The zero-order chi connectivity index (χ0) is 16.4. The molecule has 0 bridgehead atoms. The number of hydrogen-bond acceptors (Lipinski definition) is 2. The number of aryl methyl sites for hydroxylation is 1. The molecular weight excluding hydrogens is 276 g/mol. The molecule has 0 aromatic heterocycles. The van der Waals surface area contributed by atoms with Gasteiger partial charge in [-0.3, -0.25) is 9.59 Å². The van der Waals surface area contributed by atoms with Crippen molar-refractivity contribution in [3.8, 4) is 0 Å². The molecule has 0 fully saturated rings. The van der Waals surface area contributed by atoms with E-state index < -0.39 is 6.04 Å². The number of hydrogen-bond donors (Lipinski definition) is 1. The third-order valence-electron chi connectivity index (χ3n) is 3.24. The van der Waals surface area contributed by atoms with Crippen LogP contribution in [0.25, 0.3) is 0 Å². The Bertz CT molecular complexity index is 501. The lowest BCUT2D eigenvalue weighted by Crippen LogP contribution is -2.47. The minimum atomic E-state index is -0.553. The van der Waals surface area contributed by atoms with Gasteiger partial charge in [0.1, 0.15) is 6.04 Å². The Morgan fingerprint density at radius 1 is 1.18 bits per heavy atom. The van der Waals surface area contributed by atoms with Crippen LogP contribution in [0.4, 0.5) is 0 Å². The van der Waals surface area contributed by atoms with Crippen molar-refractivity contribution in [3.63, 3.8) is 0 Å². The first kappa shape index (κ1) is 17.7. The summed E-state index contributed by atoms with van der Waals surface area (Å²) in [5.41, 5.74) is 1.11. The van der Waals surface area contributed by atoms with Crippen LogP contribution in [0.1, 0.15) is 18.9 Å². The zero-order valence-electron chi connectivity index (χ0n) is 13.1. The highest BCUT2D eigenvalue weighted by Crippen LogP contribution is 2.03. The molecule has 2 amide bonds. The highest BCUT2D eigenvalue weighted by Gasteiger charge is 2.20. The Morgan fingerprint density at radius 3 is 2.32 bits per heavy atom. The highest BCUT2D eigenvalue weighted by molar-refractivity contribution is 5.87. The number of amides is 2. The van der Waals surface area contributed by atoms with E-state index in [0.717, 1.165) is 5.56 Å². The third kappa shape index (κ3) is 5.95. The summed E-state index contributed by atoms with van der Waals surface area (Å²) in [6.07, 6.45) is 4.35. The molecule has 4 nitrogen and oxygen atoms in total. The van der Waals surface area contributed by atoms with E-state index in [0.29, 0.717) is 25.9 Å². The van der Waals surface area contributed by atoms with Crippen molar-refractivity contribution in [2.45, 2.75) is 25.8 Å². The van der Waals surface area contributed by atoms with E-state index in [1.165, 1.54) is 0 Å². The summed E-state index contributed by atoms with van der Waals surface area (Å²) in [6, 6.07) is 9.25. The maximum Gasteiger partial charge on any atom is 0.245 e. The maximum atomic E-state index is 12.2. The molecule has 0 aliphatic heterocycles. The Kier molecular flexibility index (Phi) is 7.68. The second kappa shape index (κ2) is 9.55. The smallest absolute Gasteiger partial charge is 0.245 e. The SMILES string of the molecule is C=CCN(CC=C)C(=O)C(C)NC(=O)CCc1ccccc1. The van der Waals surface area contributed by atoms with Gasteiger partial charge in [-0.1, -0.05) is 42.5 Å². The molecule has 0 saturated heterocycles. The van der Waals surface area contributed by atoms with Crippen molar-refractivity contribution in [1.29, 1.82) is 0 Å². The lowest BCUT2D eigenvalue weighted by molar-refractivity contribution is -0.135. The summed E-state index contributed by atoms with van der Waals surface area (Å²) in [7, 11) is 0. The van der Waals surface area contributed by atoms with E-state index in [2.05, 4.69) is 18.5 Å². The van der Waals surface area contributed by atoms with Crippen molar-refractivity contribution >= 4 is 11.8 Å². The molecule has 4 heteroatoms. The average molecular weight is 300 g/mol. The molecule has 0 aliphatic rings. The fraction of sp³-hybridized carbons (Fsp3) is 0.333. The molecule has 0 radical (unpaired) electrons. The number of carbonyl (C=O) groups is 2. The molecule has 1 aromatic carbocycles. The second-order valence-electron chi connectivity index (χ2n) is 5.10. The monoisotopic (exact) mass is 300 g/mol. The molecular formula is C18H24N2O2. The van der Waals surface area contributed by atoms with Gasteiger partial charge in [-0.2, -0.15) is 0 Å². The summed E-state index contributed by atoms with van der Waals surface area (Å²) in [6.45, 7) is 9.84. The van der Waals surface area contributed by atoms with Crippen molar-refractivity contribution in [3.05, 3.63) is 61.2 Å². The number of nitrogens with one attached hydrogen (secondary N) is 1. The molecule has 118 valence electrons. The van der Waals surface area contributed by atoms with Crippen molar-refractivity contribution in [2.24, 2.45) is 0 Å². The molecule has 1 unspecified atom stereocenters. The van der Waals surface area contributed by atoms with Crippen LogP contribution >= 0.6 is 0 Å². The summed E-state index contributed by atoms with van der Waals surface area (Å²) in [5, 5.41) is 2.75. The van der Waals surface area contributed by atoms with Crippen LogP contribution in [0.2, 0.25) is 0 Å². The number of rotatable bonds is 9. The summed E-state index contributed by atoms with van der Waals surface area (Å²) in [5.74, 6) is -0.255. The van der Waals surface area contributed by atoms with Crippen molar-refractivity contribution in [2.75, 3.05) is 13.1 Å². The minimum absolute atomic E-state index is 0.123. The van der Waals surface area contributed by atoms with Gasteiger partial charge >= 0.3 is 0 Å². The van der Waals surface area contributed by atoms with Crippen LogP contribution in [0, 0.1) is 0 Å². The average Bonchev–Trinajstić information content (AvgIpc) is 2.53. The molecule has 0 saturated carbocycles. The van der Waals surface area contributed by atoms with Gasteiger partial charge in [0.25, 0.3) is 0 Å². The fourth-order valence-electron chi connectivity index (χ4n) is 2.12. The van der Waals surface area contributed by atoms with Crippen LogP contribution in [-0.4, -0.2) is 35.8 Å². The van der Waals surface area contributed by atoms with Crippen molar-refractivity contribution < 1.29 is 9.59 Å². The van der Waals surface area contributed by atoms with Gasteiger partial charge in [0.2, 0.25) is 11.8 Å². The van der Waals surface area contributed by atoms with Gasteiger partial charge in [-0.25, -0.2) is 0 Å². The van der Waals surface area contributed by atoms with Crippen LogP contribution in [0.5, 0.6) is 0 Å². The number of benzene rings is 1. The minimum Gasteiger partial charge on any atom is -0.345 e. The van der Waals surface area contributed by atoms with Gasteiger partial charge in [0, 0.05) is 19.5 Å². The standard InChI is InChI=1S/C18H24N2O2/c1-4-13-20(14-5-2)18(22)15(3)19-17(21)12-11-16-9-7-6-8-10-16/h4-10,15H,1-2,11-14H2,3H3,(H,19,21). The predicted octanol–water partition coefficient (Wildman–Crippen LogP) is 2.32. The van der Waals surface area contributed by atoms with Crippen LogP contribution in [-0.2, 0) is 16.0 Å². The van der Waals surface area contributed by atoms with Gasteiger partial charge in [-0.05, 0) is 18.9 Å². The largest absolute Gasteiger partial charge is 0.345 e. The van der Waals surface area contributed by atoms with Gasteiger partial charge in [0.15, 0.2) is 0 Å². The molecule has 0 spiro atoms. The maximum absolute atomic E-state index is 12.2. The molecule has 1 N–H and O–H groups in total. The first-order chi connectivity index (χ1) is 10.6. The van der Waals surface area contributed by atoms with E-state index in [-0.39, 0.29) is 11.8 Å². The fourth-order valence-corrected chi connectivity index (χ4v) is 2.12. The number of carbonyl (C=O) groups excluding carboxylic acids is 2. The zero-order valence-corrected chi connectivity index (χ0v) is 13.1. The third-order valence-corrected chi connectivity index (χ3v) is 3.24. The van der Waals surface area contributed by atoms with Crippen LogP contribution in [0.3, 0.4) is 0 Å². The van der Waals surface area contributed by atoms with Gasteiger partial charge in [-0.15, -0.1) is 13.2 Å². The van der Waals surface area contributed by atoms with Crippen LogP contribution in [0.15, 0.2) is 55.6 Å². The Hall–Kier alpha value is -2.36.